The molecule has 9 heteroatoms. The molecule has 0 atom stereocenters. The van der Waals surface area contributed by atoms with Crippen LogP contribution in [0.4, 0.5) is 0 Å². The molecule has 0 unspecified atom stereocenters. The van der Waals surface area contributed by atoms with E-state index in [1.165, 1.54) is 20.3 Å². The molecule has 0 fully saturated rings. The number of thiazole rings is 1. The van der Waals surface area contributed by atoms with Crippen LogP contribution in [-0.2, 0) is 14.3 Å². The molecule has 164 valence electrons. The Morgan fingerprint density at radius 3 is 2.72 bits per heavy atom. The number of aryl methyl sites for hydroxylation is 1. The molecule has 7 nitrogen and oxygen atoms in total. The molecular formula is C23H19NO6S2. The number of thiophene rings is 1. The van der Waals surface area contributed by atoms with E-state index in [-0.39, 0.29) is 12.4 Å². The van der Waals surface area contributed by atoms with Crippen molar-refractivity contribution in [1.82, 2.24) is 4.98 Å². The van der Waals surface area contributed by atoms with Gasteiger partial charge in [0.05, 0.1) is 34.1 Å². The fourth-order valence-electron chi connectivity index (χ4n) is 3.10. The fourth-order valence-corrected chi connectivity index (χ4v) is 4.93. The second-order valence-corrected chi connectivity index (χ2v) is 8.80. The lowest BCUT2D eigenvalue weighted by atomic mass is 10.2. The summed E-state index contributed by atoms with van der Waals surface area (Å²) >= 11 is 3.17. The third-order valence-corrected chi connectivity index (χ3v) is 6.38. The molecule has 0 saturated heterocycles. The van der Waals surface area contributed by atoms with Crippen molar-refractivity contribution in [3.63, 3.8) is 0 Å². The summed E-state index contributed by atoms with van der Waals surface area (Å²) < 4.78 is 23.2. The molecule has 0 amide bonds. The summed E-state index contributed by atoms with van der Waals surface area (Å²) in [4.78, 5) is 28.3. The molecule has 2 heterocycles. The van der Waals surface area contributed by atoms with Crippen molar-refractivity contribution < 1.29 is 28.5 Å². The first-order chi connectivity index (χ1) is 15.5. The van der Waals surface area contributed by atoms with Crippen LogP contribution in [0.15, 0.2) is 41.8 Å². The summed E-state index contributed by atoms with van der Waals surface area (Å²) in [5.74, 6) is 0.190. The molecule has 0 aliphatic carbocycles. The Morgan fingerprint density at radius 2 is 1.94 bits per heavy atom. The molecule has 4 rings (SSSR count). The number of benzene rings is 2. The molecule has 0 radical (unpaired) electrons. The molecular weight excluding hydrogens is 450 g/mol. The number of fused-ring (bicyclic) bond motifs is 3. The zero-order chi connectivity index (χ0) is 22.7. The van der Waals surface area contributed by atoms with Crippen molar-refractivity contribution in [2.75, 3.05) is 20.8 Å². The van der Waals surface area contributed by atoms with E-state index in [1.54, 1.807) is 46.9 Å². The maximum Gasteiger partial charge on any atom is 0.349 e. The van der Waals surface area contributed by atoms with Gasteiger partial charge in [-0.05, 0) is 42.1 Å². The van der Waals surface area contributed by atoms with Crippen LogP contribution in [-0.4, -0.2) is 37.7 Å². The van der Waals surface area contributed by atoms with Gasteiger partial charge in [-0.3, -0.25) is 0 Å². The van der Waals surface area contributed by atoms with Crippen LogP contribution in [0.2, 0.25) is 0 Å². The number of nitrogens with zero attached hydrogens (tertiary/aromatic N) is 1. The number of esters is 2. The van der Waals surface area contributed by atoms with E-state index < -0.39 is 11.9 Å². The van der Waals surface area contributed by atoms with Crippen molar-refractivity contribution in [2.24, 2.45) is 0 Å². The summed E-state index contributed by atoms with van der Waals surface area (Å²) in [7, 11) is 2.77. The number of aromatic nitrogens is 1. The quantitative estimate of drug-likeness (QED) is 0.214. The number of hydrogen-bond acceptors (Lipinski definition) is 9. The van der Waals surface area contributed by atoms with Gasteiger partial charge in [0.1, 0.15) is 5.75 Å². The second kappa shape index (κ2) is 9.37. The second-order valence-electron chi connectivity index (χ2n) is 6.65. The van der Waals surface area contributed by atoms with Crippen molar-refractivity contribution in [1.29, 1.82) is 0 Å². The highest BCUT2D eigenvalue weighted by atomic mass is 32.1. The lowest BCUT2D eigenvalue weighted by Gasteiger charge is -2.11. The Bertz CT molecular complexity index is 1340. The van der Waals surface area contributed by atoms with E-state index in [2.05, 4.69) is 9.72 Å². The Labute approximate surface area is 191 Å². The average molecular weight is 470 g/mol. The van der Waals surface area contributed by atoms with Crippen LogP contribution in [0.3, 0.4) is 0 Å². The van der Waals surface area contributed by atoms with Crippen molar-refractivity contribution >= 4 is 61.0 Å². The van der Waals surface area contributed by atoms with Gasteiger partial charge in [0.25, 0.3) is 0 Å². The van der Waals surface area contributed by atoms with Gasteiger partial charge in [-0.2, -0.15) is 0 Å². The number of ether oxygens (including phenoxy) is 4. The third kappa shape index (κ3) is 4.58. The predicted octanol–water partition coefficient (Wildman–Crippen LogP) is 5.00. The standard InChI is InChI=1S/C23H19NO6S2/c1-13-24-22-19(32-13)11-17(15-8-9-31-23(15)22)29-12-21(26)30-16-6-4-14(10-18(16)27-2)5-7-20(25)28-3/h4-11H,12H2,1-3H3/b7-5+. The minimum Gasteiger partial charge on any atom is -0.493 e. The van der Waals surface area contributed by atoms with Crippen molar-refractivity contribution in [2.45, 2.75) is 6.92 Å². The van der Waals surface area contributed by atoms with Gasteiger partial charge in [-0.25, -0.2) is 14.6 Å². The van der Waals surface area contributed by atoms with Crippen LogP contribution in [0, 0.1) is 6.92 Å². The van der Waals surface area contributed by atoms with E-state index >= 15 is 0 Å². The molecule has 0 aliphatic heterocycles. The highest BCUT2D eigenvalue weighted by molar-refractivity contribution is 7.21. The first-order valence-corrected chi connectivity index (χ1v) is 11.2. The molecule has 4 aromatic rings. The minimum absolute atomic E-state index is 0.255. The van der Waals surface area contributed by atoms with E-state index in [0.717, 1.165) is 25.3 Å². The normalized spacial score (nSPS) is 11.2. The number of carbonyl (C=O) groups is 2. The number of methoxy groups -OCH3 is 2. The zero-order valence-corrected chi connectivity index (χ0v) is 19.2. The van der Waals surface area contributed by atoms with E-state index in [1.807, 2.05) is 24.4 Å². The average Bonchev–Trinajstić information content (AvgIpc) is 3.42. The topological polar surface area (TPSA) is 84.0 Å². The largest absolute Gasteiger partial charge is 0.493 e. The van der Waals surface area contributed by atoms with Gasteiger partial charge in [0.2, 0.25) is 0 Å². The van der Waals surface area contributed by atoms with Crippen LogP contribution in [0.25, 0.3) is 26.4 Å². The van der Waals surface area contributed by atoms with Gasteiger partial charge < -0.3 is 18.9 Å². The summed E-state index contributed by atoms with van der Waals surface area (Å²) in [6.45, 7) is 1.70. The molecule has 0 saturated carbocycles. The summed E-state index contributed by atoms with van der Waals surface area (Å²) in [5.41, 5.74) is 1.65. The lowest BCUT2D eigenvalue weighted by Crippen LogP contribution is -2.18. The van der Waals surface area contributed by atoms with Gasteiger partial charge in [-0.15, -0.1) is 22.7 Å². The zero-order valence-electron chi connectivity index (χ0n) is 17.5. The molecule has 2 aromatic heterocycles. The number of rotatable bonds is 7. The maximum atomic E-state index is 12.4. The highest BCUT2D eigenvalue weighted by Gasteiger charge is 2.15. The third-order valence-electron chi connectivity index (χ3n) is 4.54. The molecule has 2 aromatic carbocycles. The molecule has 0 aliphatic rings. The van der Waals surface area contributed by atoms with E-state index in [0.29, 0.717) is 17.1 Å². The summed E-state index contributed by atoms with van der Waals surface area (Å²) in [6, 6.07) is 8.80. The monoisotopic (exact) mass is 469 g/mol. The van der Waals surface area contributed by atoms with Gasteiger partial charge in [0.15, 0.2) is 18.1 Å². The molecule has 0 N–H and O–H groups in total. The predicted molar refractivity (Wildman–Crippen MR) is 125 cm³/mol. The van der Waals surface area contributed by atoms with Gasteiger partial charge in [-0.1, -0.05) is 6.07 Å². The van der Waals surface area contributed by atoms with Crippen LogP contribution in [0.5, 0.6) is 17.2 Å². The van der Waals surface area contributed by atoms with Crippen LogP contribution < -0.4 is 14.2 Å². The van der Waals surface area contributed by atoms with Crippen LogP contribution in [0.1, 0.15) is 10.6 Å². The number of hydrogen-bond donors (Lipinski definition) is 0. The Kier molecular flexibility index (Phi) is 6.38. The molecule has 0 spiro atoms. The first-order valence-electron chi connectivity index (χ1n) is 9.53. The Hall–Kier alpha value is -3.43. The molecule has 0 bridgehead atoms. The Morgan fingerprint density at radius 1 is 1.09 bits per heavy atom. The Balaban J connectivity index is 1.47. The van der Waals surface area contributed by atoms with E-state index in [4.69, 9.17) is 14.2 Å². The van der Waals surface area contributed by atoms with Gasteiger partial charge >= 0.3 is 11.9 Å². The summed E-state index contributed by atoms with van der Waals surface area (Å²) in [5, 5.41) is 3.87. The van der Waals surface area contributed by atoms with Crippen molar-refractivity contribution in [3.8, 4) is 17.2 Å². The van der Waals surface area contributed by atoms with Crippen molar-refractivity contribution in [3.05, 3.63) is 52.4 Å². The SMILES string of the molecule is COC(=O)/C=C/c1ccc(OC(=O)COc2cc3sc(C)nc3c3sccc23)c(OC)c1. The van der Waals surface area contributed by atoms with E-state index in [9.17, 15) is 9.59 Å². The minimum atomic E-state index is -0.565. The molecule has 32 heavy (non-hydrogen) atoms. The van der Waals surface area contributed by atoms with Gasteiger partial charge in [0, 0.05) is 17.5 Å². The summed E-state index contributed by atoms with van der Waals surface area (Å²) in [6.07, 6.45) is 2.87. The smallest absolute Gasteiger partial charge is 0.349 e. The lowest BCUT2D eigenvalue weighted by molar-refractivity contribution is -0.137. The highest BCUT2D eigenvalue weighted by Crippen LogP contribution is 2.39. The fraction of sp³-hybridized carbons (Fsp3) is 0.174. The van der Waals surface area contributed by atoms with Crippen LogP contribution >= 0.6 is 22.7 Å². The maximum absolute atomic E-state index is 12.4. The number of carbonyl (C=O) groups excluding carboxylic acids is 2. The first kappa shape index (κ1) is 21.8.